The summed E-state index contributed by atoms with van der Waals surface area (Å²) in [5.41, 5.74) is 1.56. The largest absolute Gasteiger partial charge is 0.465 e. The summed E-state index contributed by atoms with van der Waals surface area (Å²) in [6.45, 7) is 0. The van der Waals surface area contributed by atoms with Crippen LogP contribution in [0.5, 0.6) is 0 Å². The van der Waals surface area contributed by atoms with Crippen molar-refractivity contribution in [2.75, 3.05) is 14.2 Å². The van der Waals surface area contributed by atoms with Crippen molar-refractivity contribution in [2.24, 2.45) is 0 Å². The molecule has 0 fully saturated rings. The SMILES string of the molecule is COC(=O)c1cccc2c3c(ccc12)C(=O)OC3OC. The zero-order valence-electron chi connectivity index (χ0n) is 11.0. The van der Waals surface area contributed by atoms with Gasteiger partial charge in [0.15, 0.2) is 0 Å². The topological polar surface area (TPSA) is 61.8 Å². The van der Waals surface area contributed by atoms with E-state index in [4.69, 9.17) is 14.2 Å². The number of rotatable bonds is 2. The van der Waals surface area contributed by atoms with Gasteiger partial charge >= 0.3 is 11.9 Å². The molecule has 1 atom stereocenters. The van der Waals surface area contributed by atoms with Crippen LogP contribution in [0, 0.1) is 0 Å². The van der Waals surface area contributed by atoms with Crippen molar-refractivity contribution in [3.05, 3.63) is 47.0 Å². The molecular formula is C15H12O5. The minimum Gasteiger partial charge on any atom is -0.465 e. The van der Waals surface area contributed by atoms with E-state index in [1.165, 1.54) is 14.2 Å². The van der Waals surface area contributed by atoms with Crippen LogP contribution in [0.1, 0.15) is 32.6 Å². The number of cyclic esters (lactones) is 1. The van der Waals surface area contributed by atoms with Gasteiger partial charge in [-0.05, 0) is 22.9 Å². The highest BCUT2D eigenvalue weighted by atomic mass is 16.7. The number of esters is 2. The summed E-state index contributed by atoms with van der Waals surface area (Å²) in [7, 11) is 2.80. The van der Waals surface area contributed by atoms with Crippen molar-refractivity contribution >= 4 is 22.7 Å². The molecule has 20 heavy (non-hydrogen) atoms. The summed E-state index contributed by atoms with van der Waals surface area (Å²) in [4.78, 5) is 23.6. The van der Waals surface area contributed by atoms with Gasteiger partial charge in [0.2, 0.25) is 6.29 Å². The first-order chi connectivity index (χ1) is 9.67. The number of methoxy groups -OCH3 is 2. The average molecular weight is 272 g/mol. The molecule has 0 aliphatic carbocycles. The summed E-state index contributed by atoms with van der Waals surface area (Å²) in [5.74, 6) is -0.841. The third kappa shape index (κ3) is 1.67. The van der Waals surface area contributed by atoms with E-state index in [1.807, 2.05) is 6.07 Å². The van der Waals surface area contributed by atoms with Crippen LogP contribution in [0.15, 0.2) is 30.3 Å². The van der Waals surface area contributed by atoms with Gasteiger partial charge in [0, 0.05) is 12.7 Å². The maximum absolute atomic E-state index is 11.8. The number of fused-ring (bicyclic) bond motifs is 3. The molecule has 0 saturated carbocycles. The van der Waals surface area contributed by atoms with Crippen LogP contribution >= 0.6 is 0 Å². The Hall–Kier alpha value is -2.40. The zero-order valence-corrected chi connectivity index (χ0v) is 11.0. The predicted octanol–water partition coefficient (Wildman–Crippen LogP) is 2.44. The number of benzene rings is 2. The monoisotopic (exact) mass is 272 g/mol. The third-order valence-electron chi connectivity index (χ3n) is 3.39. The quantitative estimate of drug-likeness (QED) is 0.786. The van der Waals surface area contributed by atoms with Crippen LogP contribution in [0.3, 0.4) is 0 Å². The minimum absolute atomic E-state index is 0.419. The lowest BCUT2D eigenvalue weighted by atomic mass is 9.96. The van der Waals surface area contributed by atoms with Crippen LogP contribution in [0.4, 0.5) is 0 Å². The number of carbonyl (C=O) groups excluding carboxylic acids is 2. The van der Waals surface area contributed by atoms with Gasteiger partial charge in [-0.3, -0.25) is 0 Å². The lowest BCUT2D eigenvalue weighted by Gasteiger charge is -2.11. The van der Waals surface area contributed by atoms with E-state index >= 15 is 0 Å². The lowest BCUT2D eigenvalue weighted by Crippen LogP contribution is -2.04. The Bertz CT molecular complexity index is 720. The molecule has 5 nitrogen and oxygen atoms in total. The Morgan fingerprint density at radius 1 is 1.15 bits per heavy atom. The van der Waals surface area contributed by atoms with Gasteiger partial charge in [0.1, 0.15) is 0 Å². The molecular weight excluding hydrogens is 260 g/mol. The van der Waals surface area contributed by atoms with Crippen LogP contribution in [-0.4, -0.2) is 26.2 Å². The zero-order chi connectivity index (χ0) is 14.3. The highest BCUT2D eigenvalue weighted by Gasteiger charge is 2.33. The molecule has 0 amide bonds. The van der Waals surface area contributed by atoms with E-state index in [9.17, 15) is 9.59 Å². The fraction of sp³-hybridized carbons (Fsp3) is 0.200. The van der Waals surface area contributed by atoms with Crippen LogP contribution in [-0.2, 0) is 14.2 Å². The molecule has 3 rings (SSSR count). The first-order valence-electron chi connectivity index (χ1n) is 6.05. The predicted molar refractivity (Wildman–Crippen MR) is 70.5 cm³/mol. The van der Waals surface area contributed by atoms with E-state index in [2.05, 4.69) is 0 Å². The van der Waals surface area contributed by atoms with Crippen LogP contribution in [0.25, 0.3) is 10.8 Å². The second-order valence-corrected chi connectivity index (χ2v) is 4.39. The van der Waals surface area contributed by atoms with E-state index in [0.29, 0.717) is 22.1 Å². The normalized spacial score (nSPS) is 16.9. The van der Waals surface area contributed by atoms with E-state index in [1.54, 1.807) is 24.3 Å². The third-order valence-corrected chi connectivity index (χ3v) is 3.39. The second kappa shape index (κ2) is 4.61. The Balaban J connectivity index is 2.33. The van der Waals surface area contributed by atoms with Crippen molar-refractivity contribution in [3.8, 4) is 0 Å². The molecule has 1 unspecified atom stereocenters. The van der Waals surface area contributed by atoms with E-state index in [-0.39, 0.29) is 0 Å². The standard InChI is InChI=1S/C15H12O5/c1-18-13(16)10-5-3-4-9-8(10)6-7-11-12(9)15(19-2)20-14(11)17/h3-7,15H,1-2H3. The summed E-state index contributed by atoms with van der Waals surface area (Å²) in [6.07, 6.45) is -0.742. The molecule has 0 spiro atoms. The Morgan fingerprint density at radius 3 is 2.65 bits per heavy atom. The van der Waals surface area contributed by atoms with Crippen molar-refractivity contribution in [1.29, 1.82) is 0 Å². The molecule has 0 bridgehead atoms. The molecule has 2 aromatic carbocycles. The van der Waals surface area contributed by atoms with Gasteiger partial charge in [-0.25, -0.2) is 9.59 Å². The maximum Gasteiger partial charge on any atom is 0.341 e. The van der Waals surface area contributed by atoms with Crippen molar-refractivity contribution in [1.82, 2.24) is 0 Å². The van der Waals surface area contributed by atoms with Crippen molar-refractivity contribution in [3.63, 3.8) is 0 Å². The van der Waals surface area contributed by atoms with E-state index < -0.39 is 18.2 Å². The van der Waals surface area contributed by atoms with Gasteiger partial charge in [0.25, 0.3) is 0 Å². The lowest BCUT2D eigenvalue weighted by molar-refractivity contribution is -0.0808. The van der Waals surface area contributed by atoms with Crippen LogP contribution < -0.4 is 0 Å². The maximum atomic E-state index is 11.8. The first-order valence-corrected chi connectivity index (χ1v) is 6.05. The summed E-state index contributed by atoms with van der Waals surface area (Å²) in [5, 5.41) is 1.46. The van der Waals surface area contributed by atoms with Gasteiger partial charge < -0.3 is 14.2 Å². The molecule has 0 saturated heterocycles. The number of hydrogen-bond donors (Lipinski definition) is 0. The minimum atomic E-state index is -0.742. The summed E-state index contributed by atoms with van der Waals surface area (Å²) >= 11 is 0. The molecule has 5 heteroatoms. The molecule has 102 valence electrons. The number of hydrogen-bond acceptors (Lipinski definition) is 5. The van der Waals surface area contributed by atoms with Crippen molar-refractivity contribution in [2.45, 2.75) is 6.29 Å². The number of carbonyl (C=O) groups is 2. The Kier molecular flexibility index (Phi) is 2.91. The highest BCUT2D eigenvalue weighted by molar-refractivity contribution is 6.08. The van der Waals surface area contributed by atoms with Gasteiger partial charge in [-0.2, -0.15) is 0 Å². The molecule has 0 N–H and O–H groups in total. The second-order valence-electron chi connectivity index (χ2n) is 4.39. The average Bonchev–Trinajstić information content (AvgIpc) is 2.82. The highest BCUT2D eigenvalue weighted by Crippen LogP contribution is 2.37. The summed E-state index contributed by atoms with van der Waals surface area (Å²) < 4.78 is 15.1. The van der Waals surface area contributed by atoms with Crippen molar-refractivity contribution < 1.29 is 23.8 Å². The van der Waals surface area contributed by atoms with E-state index in [0.717, 1.165) is 5.39 Å². The summed E-state index contributed by atoms with van der Waals surface area (Å²) in [6, 6.07) is 8.62. The molecule has 0 radical (unpaired) electrons. The smallest absolute Gasteiger partial charge is 0.341 e. The molecule has 1 aliphatic rings. The number of ether oxygens (including phenoxy) is 3. The Labute approximate surface area is 115 Å². The fourth-order valence-electron chi connectivity index (χ4n) is 2.49. The van der Waals surface area contributed by atoms with Gasteiger partial charge in [-0.15, -0.1) is 0 Å². The molecule has 1 aliphatic heterocycles. The first kappa shape index (κ1) is 12.6. The molecule has 0 aromatic heterocycles. The fourth-order valence-corrected chi connectivity index (χ4v) is 2.49. The Morgan fingerprint density at radius 2 is 1.95 bits per heavy atom. The molecule has 2 aromatic rings. The molecule has 1 heterocycles. The van der Waals surface area contributed by atoms with Crippen LogP contribution in [0.2, 0.25) is 0 Å². The van der Waals surface area contributed by atoms with Gasteiger partial charge in [0.05, 0.1) is 18.2 Å². The van der Waals surface area contributed by atoms with Gasteiger partial charge in [-0.1, -0.05) is 18.2 Å².